The minimum absolute atomic E-state index is 0.0295. The fourth-order valence-electron chi connectivity index (χ4n) is 2.97. The van der Waals surface area contributed by atoms with Gasteiger partial charge in [0.1, 0.15) is 11.5 Å². The van der Waals surface area contributed by atoms with E-state index in [0.717, 1.165) is 27.5 Å². The third-order valence-corrected chi connectivity index (χ3v) is 5.81. The fraction of sp³-hybridized carbons (Fsp3) is 0.316. The molecule has 5 nitrogen and oxygen atoms in total. The van der Waals surface area contributed by atoms with Crippen LogP contribution in [0.4, 0.5) is 0 Å². The van der Waals surface area contributed by atoms with E-state index < -0.39 is 0 Å². The molecule has 0 saturated carbocycles. The maximum absolute atomic E-state index is 12.9. The lowest BCUT2D eigenvalue weighted by molar-refractivity contribution is -0.170. The van der Waals surface area contributed by atoms with Gasteiger partial charge < -0.3 is 9.47 Å². The lowest BCUT2D eigenvalue weighted by Crippen LogP contribution is -2.32. The van der Waals surface area contributed by atoms with Crippen LogP contribution in [0.2, 0.25) is 0 Å². The van der Waals surface area contributed by atoms with Crippen LogP contribution in [0, 0.1) is 0 Å². The third-order valence-electron chi connectivity index (χ3n) is 4.41. The number of hydrogen-bond donors (Lipinski definition) is 0. The molecule has 6 heteroatoms. The molecule has 1 amide bonds. The van der Waals surface area contributed by atoms with Crippen molar-refractivity contribution in [1.29, 1.82) is 0 Å². The van der Waals surface area contributed by atoms with Gasteiger partial charge >= 0.3 is 0 Å². The van der Waals surface area contributed by atoms with Crippen LogP contribution in [0.3, 0.4) is 0 Å². The van der Waals surface area contributed by atoms with E-state index in [-0.39, 0.29) is 17.1 Å². The Kier molecular flexibility index (Phi) is 5.20. The summed E-state index contributed by atoms with van der Waals surface area (Å²) in [6.45, 7) is 0. The molecule has 0 aliphatic carbocycles. The highest BCUT2D eigenvalue weighted by Gasteiger charge is 2.41. The van der Waals surface area contributed by atoms with Crippen molar-refractivity contribution in [1.82, 2.24) is 5.06 Å². The predicted octanol–water partition coefficient (Wildman–Crippen LogP) is 3.65. The average molecular weight is 359 g/mol. The summed E-state index contributed by atoms with van der Waals surface area (Å²) in [6, 6.07) is 13.7. The zero-order chi connectivity index (χ0) is 18.0. The number of hydrogen-bond acceptors (Lipinski definition) is 5. The SMILES string of the molecule is COc1ccc(C2Sc3cc(OC)ccc3C2C(=O)N(C)OC)cc1. The van der Waals surface area contributed by atoms with E-state index >= 15 is 0 Å². The normalized spacial score (nSPS) is 18.6. The third kappa shape index (κ3) is 3.32. The number of methoxy groups -OCH3 is 2. The van der Waals surface area contributed by atoms with E-state index in [1.54, 1.807) is 33.0 Å². The van der Waals surface area contributed by atoms with Gasteiger partial charge in [-0.15, -0.1) is 11.8 Å². The van der Waals surface area contributed by atoms with Crippen molar-refractivity contribution < 1.29 is 19.1 Å². The Morgan fingerprint density at radius 2 is 1.64 bits per heavy atom. The predicted molar refractivity (Wildman–Crippen MR) is 97.1 cm³/mol. The molecule has 2 unspecified atom stereocenters. The van der Waals surface area contributed by atoms with Crippen LogP contribution in [0.15, 0.2) is 47.4 Å². The highest BCUT2D eigenvalue weighted by atomic mass is 32.2. The molecule has 1 aliphatic rings. The van der Waals surface area contributed by atoms with Crippen molar-refractivity contribution in [3.05, 3.63) is 53.6 Å². The van der Waals surface area contributed by atoms with Crippen LogP contribution in [0.1, 0.15) is 22.3 Å². The zero-order valence-electron chi connectivity index (χ0n) is 14.7. The molecule has 0 saturated heterocycles. The van der Waals surface area contributed by atoms with Crippen LogP contribution < -0.4 is 9.47 Å². The molecule has 0 radical (unpaired) electrons. The molecular formula is C19H21NO4S. The zero-order valence-corrected chi connectivity index (χ0v) is 15.5. The molecule has 3 rings (SSSR count). The first-order valence-electron chi connectivity index (χ1n) is 7.89. The Morgan fingerprint density at radius 1 is 1.00 bits per heavy atom. The molecule has 2 atom stereocenters. The summed E-state index contributed by atoms with van der Waals surface area (Å²) in [7, 11) is 6.42. The average Bonchev–Trinajstić information content (AvgIpc) is 3.05. The standard InChI is InChI=1S/C19H21NO4S/c1-20(24-4)19(21)17-15-10-9-14(23-3)11-16(15)25-18(17)12-5-7-13(22-2)8-6-12/h5-11,17-18H,1-4H3. The maximum atomic E-state index is 12.9. The van der Waals surface area contributed by atoms with E-state index in [1.807, 2.05) is 42.5 Å². The second-order valence-electron chi connectivity index (χ2n) is 5.71. The van der Waals surface area contributed by atoms with Crippen LogP contribution in [0.5, 0.6) is 11.5 Å². The molecule has 0 bridgehead atoms. The quantitative estimate of drug-likeness (QED) is 0.763. The first-order valence-corrected chi connectivity index (χ1v) is 8.77. The number of amides is 1. The molecule has 1 heterocycles. The minimum atomic E-state index is -0.316. The summed E-state index contributed by atoms with van der Waals surface area (Å²) in [5, 5.41) is 1.26. The van der Waals surface area contributed by atoms with Crippen molar-refractivity contribution in [2.24, 2.45) is 0 Å². The van der Waals surface area contributed by atoms with Gasteiger partial charge in [-0.25, -0.2) is 5.06 Å². The number of carbonyl (C=O) groups excluding carboxylic acids is 1. The lowest BCUT2D eigenvalue weighted by Gasteiger charge is -2.23. The summed E-state index contributed by atoms with van der Waals surface area (Å²) in [5.41, 5.74) is 2.07. The Hall–Kier alpha value is -2.18. The first kappa shape index (κ1) is 17.6. The van der Waals surface area contributed by atoms with Gasteiger partial charge in [0.25, 0.3) is 5.91 Å². The molecule has 0 spiro atoms. The number of fused-ring (bicyclic) bond motifs is 1. The van der Waals surface area contributed by atoms with Crippen LogP contribution in [0.25, 0.3) is 0 Å². The van der Waals surface area contributed by atoms with Gasteiger partial charge in [0.05, 0.1) is 32.5 Å². The van der Waals surface area contributed by atoms with E-state index in [1.165, 1.54) is 12.2 Å². The second-order valence-corrected chi connectivity index (χ2v) is 6.89. The van der Waals surface area contributed by atoms with Crippen molar-refractivity contribution in [3.8, 4) is 11.5 Å². The number of likely N-dealkylation sites (N-methyl/N-ethyl adjacent to an activating group) is 1. The molecular weight excluding hydrogens is 338 g/mol. The molecule has 1 aliphatic heterocycles. The minimum Gasteiger partial charge on any atom is -0.497 e. The lowest BCUT2D eigenvalue weighted by atomic mass is 9.91. The van der Waals surface area contributed by atoms with Crippen molar-refractivity contribution in [2.75, 3.05) is 28.4 Å². The van der Waals surface area contributed by atoms with E-state index in [9.17, 15) is 4.79 Å². The van der Waals surface area contributed by atoms with Crippen LogP contribution in [-0.4, -0.2) is 39.3 Å². The Morgan fingerprint density at radius 3 is 2.24 bits per heavy atom. The number of hydroxylamine groups is 2. The van der Waals surface area contributed by atoms with E-state index in [0.29, 0.717) is 0 Å². The number of thioether (sulfide) groups is 1. The Balaban J connectivity index is 2.02. The van der Waals surface area contributed by atoms with Gasteiger partial charge in [0, 0.05) is 11.9 Å². The molecule has 0 aromatic heterocycles. The van der Waals surface area contributed by atoms with Crippen molar-refractivity contribution >= 4 is 17.7 Å². The number of benzene rings is 2. The van der Waals surface area contributed by atoms with Gasteiger partial charge in [-0.3, -0.25) is 9.63 Å². The smallest absolute Gasteiger partial charge is 0.254 e. The Labute approximate surface area is 151 Å². The molecule has 2 aromatic rings. The molecule has 0 N–H and O–H groups in total. The largest absolute Gasteiger partial charge is 0.497 e. The van der Waals surface area contributed by atoms with E-state index in [4.69, 9.17) is 14.3 Å². The molecule has 0 fully saturated rings. The highest BCUT2D eigenvalue weighted by molar-refractivity contribution is 8.00. The number of carbonyl (C=O) groups is 1. The molecule has 132 valence electrons. The fourth-order valence-corrected chi connectivity index (χ4v) is 4.45. The van der Waals surface area contributed by atoms with Crippen molar-refractivity contribution in [3.63, 3.8) is 0 Å². The summed E-state index contributed by atoms with van der Waals surface area (Å²) in [5.74, 6) is 1.19. The number of nitrogens with zero attached hydrogens (tertiary/aromatic N) is 1. The number of rotatable bonds is 5. The summed E-state index contributed by atoms with van der Waals surface area (Å²) in [4.78, 5) is 19.1. The second kappa shape index (κ2) is 7.37. The van der Waals surface area contributed by atoms with Crippen LogP contribution in [-0.2, 0) is 9.63 Å². The topological polar surface area (TPSA) is 48.0 Å². The van der Waals surface area contributed by atoms with Crippen LogP contribution >= 0.6 is 11.8 Å². The van der Waals surface area contributed by atoms with Gasteiger partial charge in [0.15, 0.2) is 0 Å². The highest BCUT2D eigenvalue weighted by Crippen LogP contribution is 2.55. The summed E-state index contributed by atoms with van der Waals surface area (Å²) < 4.78 is 10.6. The monoisotopic (exact) mass is 359 g/mol. The van der Waals surface area contributed by atoms with Gasteiger partial charge in [-0.2, -0.15) is 0 Å². The number of ether oxygens (including phenoxy) is 2. The summed E-state index contributed by atoms with van der Waals surface area (Å²) in [6.07, 6.45) is 0. The maximum Gasteiger partial charge on any atom is 0.254 e. The van der Waals surface area contributed by atoms with Gasteiger partial charge in [-0.05, 0) is 35.4 Å². The van der Waals surface area contributed by atoms with Gasteiger partial charge in [-0.1, -0.05) is 18.2 Å². The van der Waals surface area contributed by atoms with Gasteiger partial charge in [0.2, 0.25) is 0 Å². The molecule has 25 heavy (non-hydrogen) atoms. The molecule has 2 aromatic carbocycles. The Bertz CT molecular complexity index is 763. The van der Waals surface area contributed by atoms with E-state index in [2.05, 4.69) is 0 Å². The van der Waals surface area contributed by atoms with Crippen molar-refractivity contribution in [2.45, 2.75) is 16.1 Å². The first-order chi connectivity index (χ1) is 12.1. The summed E-state index contributed by atoms with van der Waals surface area (Å²) >= 11 is 1.67.